The van der Waals surface area contributed by atoms with Gasteiger partial charge in [0.25, 0.3) is 0 Å². The van der Waals surface area contributed by atoms with E-state index in [1.807, 2.05) is 32.0 Å². The van der Waals surface area contributed by atoms with E-state index in [4.69, 9.17) is 10.6 Å². The number of fused-ring (bicyclic) bond motifs is 1. The monoisotopic (exact) mass is 365 g/mol. The fourth-order valence-electron chi connectivity index (χ4n) is 3.27. The number of thioether (sulfide) groups is 1. The maximum Gasteiger partial charge on any atom is 0.137 e. The molecule has 134 valence electrons. The number of hydrogen-bond donors (Lipinski definition) is 1. The molecular weight excluding hydrogens is 342 g/mol. The van der Waals surface area contributed by atoms with Crippen molar-refractivity contribution in [1.29, 1.82) is 5.26 Å². The van der Waals surface area contributed by atoms with Gasteiger partial charge >= 0.3 is 0 Å². The molecule has 0 radical (unpaired) electrons. The molecule has 0 atom stereocenters. The lowest BCUT2D eigenvalue weighted by Crippen LogP contribution is -2.07. The molecule has 0 bridgehead atoms. The van der Waals surface area contributed by atoms with E-state index in [0.717, 1.165) is 29.0 Å². The van der Waals surface area contributed by atoms with Crippen molar-refractivity contribution in [2.24, 2.45) is 10.9 Å². The fraction of sp³-hybridized carbons (Fsp3) is 0.333. The smallest absolute Gasteiger partial charge is 0.137 e. The van der Waals surface area contributed by atoms with Gasteiger partial charge in [-0.3, -0.25) is 0 Å². The normalized spacial score (nSPS) is 13.5. The second-order valence-corrected chi connectivity index (χ2v) is 7.59. The number of nitrogens with two attached hydrogens (primary N) is 1. The van der Waals surface area contributed by atoms with Gasteiger partial charge in [0.2, 0.25) is 0 Å². The summed E-state index contributed by atoms with van der Waals surface area (Å²) in [6, 6.07) is 14.3. The topological polar surface area (TPSA) is 71.4 Å². The molecule has 4 nitrogen and oxygen atoms in total. The third-order valence-corrected chi connectivity index (χ3v) is 5.47. The van der Waals surface area contributed by atoms with Crippen molar-refractivity contribution in [2.75, 3.05) is 0 Å². The van der Waals surface area contributed by atoms with Gasteiger partial charge < -0.3 is 10.6 Å². The minimum atomic E-state index is 0.0403. The number of hydrazone groups is 1. The van der Waals surface area contributed by atoms with E-state index in [2.05, 4.69) is 29.4 Å². The summed E-state index contributed by atoms with van der Waals surface area (Å²) >= 11 is 1.61. The van der Waals surface area contributed by atoms with Gasteiger partial charge in [-0.1, -0.05) is 36.0 Å². The molecule has 5 heteroatoms. The predicted molar refractivity (Wildman–Crippen MR) is 107 cm³/mol. The van der Waals surface area contributed by atoms with Crippen molar-refractivity contribution < 1.29 is 4.74 Å². The molecule has 0 saturated heterocycles. The summed E-state index contributed by atoms with van der Waals surface area (Å²) in [6.45, 7) is 3.90. The highest BCUT2D eigenvalue weighted by molar-refractivity contribution is 8.13. The van der Waals surface area contributed by atoms with Crippen LogP contribution in [-0.2, 0) is 18.6 Å². The lowest BCUT2D eigenvalue weighted by molar-refractivity contribution is 0.241. The zero-order valence-corrected chi connectivity index (χ0v) is 16.0. The Bertz CT molecular complexity index is 868. The van der Waals surface area contributed by atoms with Crippen LogP contribution in [0.2, 0.25) is 0 Å². The van der Waals surface area contributed by atoms with Crippen molar-refractivity contribution in [3.63, 3.8) is 0 Å². The minimum Gasteiger partial charge on any atom is -0.490 e. The Balaban J connectivity index is 1.76. The van der Waals surface area contributed by atoms with Gasteiger partial charge in [-0.2, -0.15) is 10.4 Å². The van der Waals surface area contributed by atoms with Crippen LogP contribution in [0.1, 0.15) is 48.1 Å². The number of benzene rings is 2. The number of nitriles is 1. The van der Waals surface area contributed by atoms with Crippen LogP contribution in [0.25, 0.3) is 0 Å². The van der Waals surface area contributed by atoms with E-state index < -0.39 is 0 Å². The number of rotatable bonds is 5. The van der Waals surface area contributed by atoms with E-state index in [1.54, 1.807) is 11.8 Å². The summed E-state index contributed by atoms with van der Waals surface area (Å²) in [5.41, 5.74) is 5.54. The highest BCUT2D eigenvalue weighted by atomic mass is 32.2. The lowest BCUT2D eigenvalue weighted by Gasteiger charge is -2.13. The van der Waals surface area contributed by atoms with Crippen molar-refractivity contribution in [2.45, 2.75) is 45.0 Å². The van der Waals surface area contributed by atoms with Crippen LogP contribution < -0.4 is 10.6 Å². The molecule has 0 spiro atoms. The Morgan fingerprint density at radius 1 is 1.31 bits per heavy atom. The molecule has 2 N–H and O–H groups in total. The van der Waals surface area contributed by atoms with Gasteiger partial charge in [0.05, 0.1) is 11.7 Å². The molecule has 1 aliphatic carbocycles. The molecule has 0 unspecified atom stereocenters. The van der Waals surface area contributed by atoms with E-state index in [-0.39, 0.29) is 6.10 Å². The van der Waals surface area contributed by atoms with Gasteiger partial charge in [0.1, 0.15) is 16.9 Å². The van der Waals surface area contributed by atoms with Gasteiger partial charge in [-0.15, -0.1) is 0 Å². The third kappa shape index (κ3) is 4.03. The van der Waals surface area contributed by atoms with Crippen LogP contribution in [-0.4, -0.2) is 11.1 Å². The Morgan fingerprint density at radius 3 is 2.88 bits per heavy atom. The summed E-state index contributed by atoms with van der Waals surface area (Å²) in [6.07, 6.45) is 3.45. The predicted octanol–water partition coefficient (Wildman–Crippen LogP) is 4.39. The summed E-state index contributed by atoms with van der Waals surface area (Å²) in [5.74, 6) is 7.03. The molecular formula is C21H23N3OS. The largest absolute Gasteiger partial charge is 0.490 e. The second-order valence-electron chi connectivity index (χ2n) is 6.63. The van der Waals surface area contributed by atoms with Crippen molar-refractivity contribution >= 4 is 16.8 Å². The van der Waals surface area contributed by atoms with E-state index >= 15 is 0 Å². The highest BCUT2D eigenvalue weighted by Gasteiger charge is 2.18. The second kappa shape index (κ2) is 8.29. The van der Waals surface area contributed by atoms with Crippen molar-refractivity contribution in [3.05, 3.63) is 64.2 Å². The van der Waals surface area contributed by atoms with Gasteiger partial charge in [0.15, 0.2) is 0 Å². The quantitative estimate of drug-likeness (QED) is 0.369. The Labute approximate surface area is 159 Å². The van der Waals surface area contributed by atoms with E-state index in [9.17, 15) is 5.26 Å². The van der Waals surface area contributed by atoms with E-state index in [1.165, 1.54) is 17.5 Å². The zero-order valence-electron chi connectivity index (χ0n) is 15.2. The standard InChI is InChI=1S/C21H23N3OS/c1-14(2)25-20-10-9-15(11-17(20)12-22)13-26-21(24-23)19-8-4-6-16-5-3-7-18(16)19/h4,6,8-11,14H,3,5,7,13,23H2,1-2H3/b24-21-. The van der Waals surface area contributed by atoms with Crippen LogP contribution in [0.5, 0.6) is 5.75 Å². The Morgan fingerprint density at radius 2 is 2.15 bits per heavy atom. The summed E-state index contributed by atoms with van der Waals surface area (Å²) in [5, 5.41) is 14.3. The van der Waals surface area contributed by atoms with Crippen LogP contribution in [0.3, 0.4) is 0 Å². The highest BCUT2D eigenvalue weighted by Crippen LogP contribution is 2.30. The molecule has 1 aliphatic rings. The van der Waals surface area contributed by atoms with Crippen LogP contribution in [0.15, 0.2) is 41.5 Å². The number of aryl methyl sites for hydroxylation is 1. The van der Waals surface area contributed by atoms with Crippen molar-refractivity contribution in [3.8, 4) is 11.8 Å². The lowest BCUT2D eigenvalue weighted by atomic mass is 10.0. The molecule has 0 aromatic heterocycles. The molecule has 0 amide bonds. The van der Waals surface area contributed by atoms with Gasteiger partial charge in [-0.05, 0) is 61.9 Å². The summed E-state index contributed by atoms with van der Waals surface area (Å²) < 4.78 is 5.68. The average Bonchev–Trinajstić information content (AvgIpc) is 3.12. The molecule has 0 saturated carbocycles. The first kappa shape index (κ1) is 18.3. The number of hydrogen-bond acceptors (Lipinski definition) is 5. The molecule has 2 aromatic rings. The number of ether oxygens (including phenoxy) is 1. The van der Waals surface area contributed by atoms with Crippen LogP contribution >= 0.6 is 11.8 Å². The Hall–Kier alpha value is -2.45. The third-order valence-electron chi connectivity index (χ3n) is 4.40. The fourth-order valence-corrected chi connectivity index (χ4v) is 4.17. The SMILES string of the molecule is CC(C)Oc1ccc(CS/C(=N\N)c2cccc3c2CCC3)cc1C#N. The molecule has 0 heterocycles. The molecule has 3 rings (SSSR count). The zero-order chi connectivity index (χ0) is 18.5. The number of nitrogens with zero attached hydrogens (tertiary/aromatic N) is 2. The van der Waals surface area contributed by atoms with Gasteiger partial charge in [-0.25, -0.2) is 0 Å². The van der Waals surface area contributed by atoms with E-state index in [0.29, 0.717) is 17.1 Å². The molecule has 2 aromatic carbocycles. The minimum absolute atomic E-state index is 0.0403. The molecule has 26 heavy (non-hydrogen) atoms. The average molecular weight is 366 g/mol. The first-order valence-corrected chi connectivity index (χ1v) is 9.82. The summed E-state index contributed by atoms with van der Waals surface area (Å²) in [7, 11) is 0. The molecule has 0 aliphatic heterocycles. The maximum atomic E-state index is 9.38. The van der Waals surface area contributed by atoms with Crippen LogP contribution in [0.4, 0.5) is 0 Å². The van der Waals surface area contributed by atoms with Crippen molar-refractivity contribution in [1.82, 2.24) is 0 Å². The summed E-state index contributed by atoms with van der Waals surface area (Å²) in [4.78, 5) is 0. The maximum absolute atomic E-state index is 9.38. The van der Waals surface area contributed by atoms with Gasteiger partial charge in [0, 0.05) is 11.3 Å². The molecule has 0 fully saturated rings. The Kier molecular flexibility index (Phi) is 5.85. The van der Waals surface area contributed by atoms with Crippen LogP contribution in [0, 0.1) is 11.3 Å². The first-order chi connectivity index (χ1) is 12.6. The first-order valence-electron chi connectivity index (χ1n) is 8.84.